The minimum atomic E-state index is -0.233. The fourth-order valence-electron chi connectivity index (χ4n) is 2.19. The van der Waals surface area contributed by atoms with Crippen molar-refractivity contribution in [1.82, 2.24) is 0 Å². The van der Waals surface area contributed by atoms with E-state index in [0.717, 1.165) is 22.7 Å². The predicted octanol–water partition coefficient (Wildman–Crippen LogP) is 3.65. The van der Waals surface area contributed by atoms with Crippen molar-refractivity contribution in [3.05, 3.63) is 52.9 Å². The van der Waals surface area contributed by atoms with E-state index in [1.807, 2.05) is 43.3 Å². The number of fused-ring (bicyclic) bond motifs is 1. The van der Waals surface area contributed by atoms with Crippen LogP contribution in [-0.2, 0) is 0 Å². The molecule has 20 heavy (non-hydrogen) atoms. The highest BCUT2D eigenvalue weighted by atomic mass is 16.5. The zero-order valence-electron chi connectivity index (χ0n) is 11.3. The SMILES string of the molecule is CN(C)c1ccc(C2Nc3cc(N=O)ccc3O2)cc1. The molecule has 1 aliphatic rings. The first kappa shape index (κ1) is 12.5. The quantitative estimate of drug-likeness (QED) is 0.864. The van der Waals surface area contributed by atoms with Gasteiger partial charge in [0.25, 0.3) is 0 Å². The van der Waals surface area contributed by atoms with Crippen molar-refractivity contribution in [2.45, 2.75) is 6.23 Å². The number of nitrogens with zero attached hydrogens (tertiary/aromatic N) is 2. The van der Waals surface area contributed by atoms with Crippen LogP contribution in [0.15, 0.2) is 47.6 Å². The highest BCUT2D eigenvalue weighted by Gasteiger charge is 2.23. The van der Waals surface area contributed by atoms with Gasteiger partial charge in [-0.05, 0) is 35.5 Å². The molecule has 1 aliphatic heterocycles. The lowest BCUT2D eigenvalue weighted by atomic mass is 10.1. The molecule has 2 aromatic rings. The molecule has 0 aliphatic carbocycles. The van der Waals surface area contributed by atoms with Crippen LogP contribution in [0, 0.1) is 4.91 Å². The highest BCUT2D eigenvalue weighted by molar-refractivity contribution is 5.66. The third kappa shape index (κ3) is 2.18. The normalized spacial score (nSPS) is 16.0. The summed E-state index contributed by atoms with van der Waals surface area (Å²) in [6, 6.07) is 13.2. The average Bonchev–Trinajstić information content (AvgIpc) is 2.90. The van der Waals surface area contributed by atoms with Crippen LogP contribution in [0.3, 0.4) is 0 Å². The molecular weight excluding hydrogens is 254 g/mol. The second-order valence-corrected chi connectivity index (χ2v) is 4.90. The minimum absolute atomic E-state index is 0.233. The van der Waals surface area contributed by atoms with E-state index in [4.69, 9.17) is 4.74 Å². The Labute approximate surface area is 117 Å². The van der Waals surface area contributed by atoms with E-state index in [1.54, 1.807) is 18.2 Å². The van der Waals surface area contributed by atoms with Gasteiger partial charge in [0, 0.05) is 25.3 Å². The lowest BCUT2D eigenvalue weighted by Crippen LogP contribution is -2.11. The molecule has 1 atom stereocenters. The largest absolute Gasteiger partial charge is 0.464 e. The Morgan fingerprint density at radius 1 is 1.15 bits per heavy atom. The van der Waals surface area contributed by atoms with Crippen LogP contribution in [0.1, 0.15) is 11.8 Å². The lowest BCUT2D eigenvalue weighted by Gasteiger charge is -2.15. The van der Waals surface area contributed by atoms with Gasteiger partial charge in [-0.1, -0.05) is 12.1 Å². The van der Waals surface area contributed by atoms with Crippen molar-refractivity contribution in [2.24, 2.45) is 5.18 Å². The molecule has 3 rings (SSSR count). The van der Waals surface area contributed by atoms with Crippen LogP contribution in [-0.4, -0.2) is 14.1 Å². The summed E-state index contributed by atoms with van der Waals surface area (Å²) in [6.45, 7) is 0. The number of nitrogens with one attached hydrogen (secondary N) is 1. The summed E-state index contributed by atoms with van der Waals surface area (Å²) < 4.78 is 5.82. The average molecular weight is 269 g/mol. The first-order valence-electron chi connectivity index (χ1n) is 6.35. The van der Waals surface area contributed by atoms with E-state index >= 15 is 0 Å². The van der Waals surface area contributed by atoms with Gasteiger partial charge in [-0.3, -0.25) is 0 Å². The molecule has 1 N–H and O–H groups in total. The van der Waals surface area contributed by atoms with Gasteiger partial charge >= 0.3 is 0 Å². The zero-order chi connectivity index (χ0) is 14.1. The molecule has 0 amide bonds. The first-order chi connectivity index (χ1) is 9.67. The van der Waals surface area contributed by atoms with E-state index < -0.39 is 0 Å². The van der Waals surface area contributed by atoms with Gasteiger partial charge < -0.3 is 15.0 Å². The Bertz CT molecular complexity index is 638. The Kier molecular flexibility index (Phi) is 3.02. The fourth-order valence-corrected chi connectivity index (χ4v) is 2.19. The van der Waals surface area contributed by atoms with Gasteiger partial charge in [-0.2, -0.15) is 0 Å². The maximum absolute atomic E-state index is 10.5. The van der Waals surface area contributed by atoms with Crippen LogP contribution >= 0.6 is 0 Å². The predicted molar refractivity (Wildman–Crippen MR) is 79.7 cm³/mol. The molecule has 0 saturated carbocycles. The molecule has 102 valence electrons. The molecule has 0 radical (unpaired) electrons. The molecule has 0 fully saturated rings. The Morgan fingerprint density at radius 3 is 2.55 bits per heavy atom. The van der Waals surface area contributed by atoms with Crippen LogP contribution in [0.5, 0.6) is 5.75 Å². The van der Waals surface area contributed by atoms with Gasteiger partial charge in [-0.15, -0.1) is 4.91 Å². The van der Waals surface area contributed by atoms with Gasteiger partial charge in [0.2, 0.25) is 0 Å². The molecule has 5 nitrogen and oxygen atoms in total. The van der Waals surface area contributed by atoms with Crippen LogP contribution < -0.4 is 15.0 Å². The third-order valence-electron chi connectivity index (χ3n) is 3.31. The van der Waals surface area contributed by atoms with Crippen molar-refractivity contribution < 1.29 is 4.74 Å². The topological polar surface area (TPSA) is 53.9 Å². The molecule has 2 aromatic carbocycles. The maximum atomic E-state index is 10.5. The number of nitroso groups, excluding NO2 is 1. The molecule has 1 heterocycles. The van der Waals surface area contributed by atoms with E-state index in [9.17, 15) is 4.91 Å². The molecule has 0 saturated heterocycles. The van der Waals surface area contributed by atoms with Crippen LogP contribution in [0.4, 0.5) is 17.1 Å². The Balaban J connectivity index is 1.82. The summed E-state index contributed by atoms with van der Waals surface area (Å²) in [5.74, 6) is 0.735. The summed E-state index contributed by atoms with van der Waals surface area (Å²) in [6.07, 6.45) is -0.233. The van der Waals surface area contributed by atoms with E-state index in [1.165, 1.54) is 0 Å². The smallest absolute Gasteiger partial charge is 0.196 e. The van der Waals surface area contributed by atoms with Crippen LogP contribution in [0.25, 0.3) is 0 Å². The molecule has 1 unspecified atom stereocenters. The Hall–Kier alpha value is -2.56. The Morgan fingerprint density at radius 2 is 1.90 bits per heavy atom. The summed E-state index contributed by atoms with van der Waals surface area (Å²) >= 11 is 0. The van der Waals surface area contributed by atoms with Gasteiger partial charge in [0.15, 0.2) is 6.23 Å². The molecule has 0 bridgehead atoms. The van der Waals surface area contributed by atoms with E-state index in [-0.39, 0.29) is 6.23 Å². The molecule has 0 spiro atoms. The number of hydrogen-bond donors (Lipinski definition) is 1. The number of ether oxygens (including phenoxy) is 1. The number of hydrogen-bond acceptors (Lipinski definition) is 5. The maximum Gasteiger partial charge on any atom is 0.196 e. The number of rotatable bonds is 3. The van der Waals surface area contributed by atoms with Gasteiger partial charge in [0.1, 0.15) is 11.4 Å². The zero-order valence-corrected chi connectivity index (χ0v) is 11.3. The van der Waals surface area contributed by atoms with Gasteiger partial charge in [0.05, 0.1) is 5.69 Å². The van der Waals surface area contributed by atoms with Crippen molar-refractivity contribution in [3.63, 3.8) is 0 Å². The van der Waals surface area contributed by atoms with E-state index in [0.29, 0.717) is 5.69 Å². The number of anilines is 2. The van der Waals surface area contributed by atoms with Gasteiger partial charge in [-0.25, -0.2) is 0 Å². The summed E-state index contributed by atoms with van der Waals surface area (Å²) in [5, 5.41) is 6.17. The molecule has 5 heteroatoms. The fraction of sp³-hybridized carbons (Fsp3) is 0.200. The molecule has 0 aromatic heterocycles. The van der Waals surface area contributed by atoms with E-state index in [2.05, 4.69) is 10.5 Å². The highest BCUT2D eigenvalue weighted by Crippen LogP contribution is 2.40. The summed E-state index contributed by atoms with van der Waals surface area (Å²) in [4.78, 5) is 12.6. The summed E-state index contributed by atoms with van der Waals surface area (Å²) in [5.41, 5.74) is 3.36. The van der Waals surface area contributed by atoms with Crippen LogP contribution in [0.2, 0.25) is 0 Å². The lowest BCUT2D eigenvalue weighted by molar-refractivity contribution is 0.260. The summed E-state index contributed by atoms with van der Waals surface area (Å²) in [7, 11) is 4.01. The third-order valence-corrected chi connectivity index (χ3v) is 3.31. The second kappa shape index (κ2) is 4.85. The minimum Gasteiger partial charge on any atom is -0.464 e. The first-order valence-corrected chi connectivity index (χ1v) is 6.35. The monoisotopic (exact) mass is 269 g/mol. The molecular formula is C15H15N3O2. The van der Waals surface area contributed by atoms with Crippen molar-refractivity contribution in [2.75, 3.05) is 24.3 Å². The standard InChI is InChI=1S/C15H15N3O2/c1-18(2)12-6-3-10(4-7-12)15-16-13-9-11(17-19)5-8-14(13)20-15/h3-9,15-16H,1-2H3. The number of benzene rings is 2. The second-order valence-electron chi connectivity index (χ2n) is 4.90. The van der Waals surface area contributed by atoms with Crippen molar-refractivity contribution >= 4 is 17.1 Å². The van der Waals surface area contributed by atoms with Crippen molar-refractivity contribution in [3.8, 4) is 5.75 Å². The van der Waals surface area contributed by atoms with Crippen molar-refractivity contribution in [1.29, 1.82) is 0 Å².